The first-order chi connectivity index (χ1) is 14.7. The first-order valence-corrected chi connectivity index (χ1v) is 9.72. The molecular weight excluding hydrogens is 380 g/mol. The Bertz CT molecular complexity index is 1070. The average molecular weight is 402 g/mol. The number of anilines is 1. The highest BCUT2D eigenvalue weighted by Crippen LogP contribution is 2.32. The van der Waals surface area contributed by atoms with Crippen LogP contribution in [0.1, 0.15) is 28.5 Å². The number of aryl methyl sites for hydroxylation is 1. The summed E-state index contributed by atoms with van der Waals surface area (Å²) in [5.74, 6) is 1.23. The van der Waals surface area contributed by atoms with Gasteiger partial charge in [0.05, 0.1) is 12.2 Å². The fourth-order valence-corrected chi connectivity index (χ4v) is 2.99. The van der Waals surface area contributed by atoms with Crippen LogP contribution in [-0.4, -0.2) is 23.6 Å². The van der Waals surface area contributed by atoms with Crippen molar-refractivity contribution < 1.29 is 14.3 Å². The van der Waals surface area contributed by atoms with Gasteiger partial charge in [-0.25, -0.2) is 4.99 Å². The predicted molar refractivity (Wildman–Crippen MR) is 115 cm³/mol. The molecule has 0 fully saturated rings. The Morgan fingerprint density at radius 1 is 1.07 bits per heavy atom. The number of carbonyl (C=O) groups excluding carboxylic acids is 1. The zero-order valence-corrected chi connectivity index (χ0v) is 16.6. The van der Waals surface area contributed by atoms with Gasteiger partial charge in [-0.05, 0) is 54.4 Å². The summed E-state index contributed by atoms with van der Waals surface area (Å²) in [6, 6.07) is 18.7. The van der Waals surface area contributed by atoms with Gasteiger partial charge in [0.15, 0.2) is 11.5 Å². The van der Waals surface area contributed by atoms with E-state index in [1.165, 1.54) is 5.56 Å². The molecule has 3 aromatic rings. The number of guanidine groups is 1. The summed E-state index contributed by atoms with van der Waals surface area (Å²) in [7, 11) is 0. The van der Waals surface area contributed by atoms with Crippen molar-refractivity contribution in [2.75, 3.05) is 12.1 Å². The Kier molecular flexibility index (Phi) is 5.89. The highest BCUT2D eigenvalue weighted by atomic mass is 16.7. The number of rotatable bonds is 5. The molecule has 0 spiro atoms. The number of pyridine rings is 1. The summed E-state index contributed by atoms with van der Waals surface area (Å²) < 4.78 is 10.7. The Morgan fingerprint density at radius 3 is 2.80 bits per heavy atom. The van der Waals surface area contributed by atoms with Crippen LogP contribution in [0.3, 0.4) is 0 Å². The number of nitrogens with one attached hydrogen (secondary N) is 2. The minimum Gasteiger partial charge on any atom is -0.454 e. The van der Waals surface area contributed by atoms with Crippen LogP contribution < -0.4 is 20.1 Å². The highest BCUT2D eigenvalue weighted by Gasteiger charge is 2.17. The minimum atomic E-state index is -0.299. The second-order valence-corrected chi connectivity index (χ2v) is 6.69. The smallest absolute Gasteiger partial charge is 0.258 e. The molecule has 1 aliphatic rings. The van der Waals surface area contributed by atoms with Crippen LogP contribution in [0.5, 0.6) is 11.5 Å². The molecule has 152 valence electrons. The molecule has 1 aliphatic heterocycles. The van der Waals surface area contributed by atoms with Crippen LogP contribution in [0, 0.1) is 0 Å². The van der Waals surface area contributed by atoms with Crippen LogP contribution in [0.15, 0.2) is 71.9 Å². The molecule has 1 amide bonds. The topological polar surface area (TPSA) is 84.8 Å². The Labute approximate surface area is 174 Å². The number of hydrogen-bond acceptors (Lipinski definition) is 5. The molecule has 1 aromatic heterocycles. The molecule has 0 saturated carbocycles. The molecule has 4 rings (SSSR count). The number of carbonyl (C=O) groups is 1. The van der Waals surface area contributed by atoms with E-state index in [9.17, 15) is 4.79 Å². The van der Waals surface area contributed by atoms with E-state index in [0.717, 1.165) is 17.8 Å². The van der Waals surface area contributed by atoms with Crippen molar-refractivity contribution in [2.45, 2.75) is 19.9 Å². The van der Waals surface area contributed by atoms with Gasteiger partial charge >= 0.3 is 0 Å². The number of hydrogen-bond donors (Lipinski definition) is 2. The summed E-state index contributed by atoms with van der Waals surface area (Å²) in [5, 5.41) is 6.07. The summed E-state index contributed by atoms with van der Waals surface area (Å²) >= 11 is 0. The van der Waals surface area contributed by atoms with Gasteiger partial charge in [0, 0.05) is 17.4 Å². The van der Waals surface area contributed by atoms with Crippen LogP contribution in [-0.2, 0) is 13.0 Å². The maximum Gasteiger partial charge on any atom is 0.258 e. The van der Waals surface area contributed by atoms with Crippen molar-refractivity contribution in [3.8, 4) is 11.5 Å². The third kappa shape index (κ3) is 4.75. The standard InChI is InChI=1S/C23H22N4O3/c1-2-16-6-5-8-18(12-16)26-23(25-14-19-7-3-4-11-24-19)27-22(28)17-9-10-20-21(13-17)30-15-29-20/h3-13H,2,14-15H2,1H3,(H2,25,26,27,28). The quantitative estimate of drug-likeness (QED) is 0.501. The number of nitrogens with zero attached hydrogens (tertiary/aromatic N) is 2. The monoisotopic (exact) mass is 402 g/mol. The van der Waals surface area contributed by atoms with Gasteiger partial charge in [-0.2, -0.15) is 0 Å². The first kappa shape index (κ1) is 19.4. The third-order valence-electron chi connectivity index (χ3n) is 4.59. The molecule has 2 N–H and O–H groups in total. The fourth-order valence-electron chi connectivity index (χ4n) is 2.99. The van der Waals surface area contributed by atoms with E-state index in [-0.39, 0.29) is 12.7 Å². The van der Waals surface area contributed by atoms with Crippen molar-refractivity contribution in [3.05, 3.63) is 83.7 Å². The number of amides is 1. The lowest BCUT2D eigenvalue weighted by molar-refractivity contribution is 0.0976. The second-order valence-electron chi connectivity index (χ2n) is 6.69. The first-order valence-electron chi connectivity index (χ1n) is 9.72. The number of aliphatic imine (C=N–C) groups is 1. The number of benzene rings is 2. The minimum absolute atomic E-state index is 0.159. The second kappa shape index (κ2) is 9.09. The highest BCUT2D eigenvalue weighted by molar-refractivity contribution is 6.10. The summed E-state index contributed by atoms with van der Waals surface area (Å²) in [4.78, 5) is 21.7. The van der Waals surface area contributed by atoms with Gasteiger partial charge in [-0.3, -0.25) is 15.1 Å². The molecule has 2 aromatic carbocycles. The van der Waals surface area contributed by atoms with Crippen LogP contribution in [0.2, 0.25) is 0 Å². The van der Waals surface area contributed by atoms with Gasteiger partial charge in [-0.15, -0.1) is 0 Å². The van der Waals surface area contributed by atoms with Crippen molar-refractivity contribution in [2.24, 2.45) is 4.99 Å². The van der Waals surface area contributed by atoms with E-state index in [1.807, 2.05) is 36.4 Å². The summed E-state index contributed by atoms with van der Waals surface area (Å²) in [5.41, 5.74) is 3.29. The van der Waals surface area contributed by atoms with Crippen LogP contribution in [0.4, 0.5) is 5.69 Å². The Hall–Kier alpha value is -3.87. The van der Waals surface area contributed by atoms with Crippen molar-refractivity contribution >= 4 is 17.6 Å². The van der Waals surface area contributed by atoms with Crippen molar-refractivity contribution in [3.63, 3.8) is 0 Å². The molecule has 7 heteroatoms. The lowest BCUT2D eigenvalue weighted by Crippen LogP contribution is -2.36. The number of aromatic nitrogens is 1. The van der Waals surface area contributed by atoms with E-state index in [1.54, 1.807) is 24.4 Å². The molecule has 0 bridgehead atoms. The van der Waals surface area contributed by atoms with Crippen molar-refractivity contribution in [1.82, 2.24) is 10.3 Å². The Morgan fingerprint density at radius 2 is 1.97 bits per heavy atom. The molecule has 0 saturated heterocycles. The molecule has 0 atom stereocenters. The van der Waals surface area contributed by atoms with E-state index >= 15 is 0 Å². The van der Waals surface area contributed by atoms with Gasteiger partial charge in [0.25, 0.3) is 5.91 Å². The van der Waals surface area contributed by atoms with E-state index in [4.69, 9.17) is 9.47 Å². The maximum absolute atomic E-state index is 12.8. The van der Waals surface area contributed by atoms with Gasteiger partial charge in [-0.1, -0.05) is 25.1 Å². The predicted octanol–water partition coefficient (Wildman–Crippen LogP) is 3.77. The molecular formula is C23H22N4O3. The van der Waals surface area contributed by atoms with Gasteiger partial charge in [0.2, 0.25) is 12.8 Å². The van der Waals surface area contributed by atoms with Gasteiger partial charge < -0.3 is 14.8 Å². The van der Waals surface area contributed by atoms with Crippen LogP contribution in [0.25, 0.3) is 0 Å². The van der Waals surface area contributed by atoms with E-state index in [2.05, 4.69) is 33.6 Å². The average Bonchev–Trinajstić information content (AvgIpc) is 3.26. The number of fused-ring (bicyclic) bond motifs is 1. The van der Waals surface area contributed by atoms with Gasteiger partial charge in [0.1, 0.15) is 0 Å². The molecule has 0 aliphatic carbocycles. The zero-order valence-electron chi connectivity index (χ0n) is 16.6. The molecule has 7 nitrogen and oxygen atoms in total. The summed E-state index contributed by atoms with van der Waals surface area (Å²) in [6.45, 7) is 2.58. The van der Waals surface area contributed by atoms with E-state index < -0.39 is 0 Å². The normalized spacial score (nSPS) is 12.5. The summed E-state index contributed by atoms with van der Waals surface area (Å²) in [6.07, 6.45) is 2.63. The molecule has 0 radical (unpaired) electrons. The number of ether oxygens (including phenoxy) is 2. The third-order valence-corrected chi connectivity index (χ3v) is 4.59. The molecule has 0 unspecified atom stereocenters. The lowest BCUT2D eigenvalue weighted by atomic mass is 10.1. The van der Waals surface area contributed by atoms with Crippen molar-refractivity contribution in [1.29, 1.82) is 0 Å². The largest absolute Gasteiger partial charge is 0.454 e. The molecule has 30 heavy (non-hydrogen) atoms. The fraction of sp³-hybridized carbons (Fsp3) is 0.174. The zero-order chi connectivity index (χ0) is 20.8. The molecule has 2 heterocycles. The maximum atomic E-state index is 12.8. The Balaban J connectivity index is 1.55. The van der Waals surface area contributed by atoms with E-state index in [0.29, 0.717) is 29.6 Å². The lowest BCUT2D eigenvalue weighted by Gasteiger charge is -2.13. The van der Waals surface area contributed by atoms with Crippen LogP contribution >= 0.6 is 0 Å². The SMILES string of the molecule is CCc1cccc(NC(=NCc2ccccn2)NC(=O)c2ccc3c(c2)OCO3)c1.